The molecule has 3 aromatic rings. The molecule has 4 N–H and O–H groups in total. The second kappa shape index (κ2) is 12.7. The van der Waals surface area contributed by atoms with E-state index in [0.717, 1.165) is 34.2 Å². The van der Waals surface area contributed by atoms with Crippen molar-refractivity contribution in [3.05, 3.63) is 76.0 Å². The highest BCUT2D eigenvalue weighted by Crippen LogP contribution is 2.43. The van der Waals surface area contributed by atoms with E-state index in [1.807, 2.05) is 49.4 Å². The van der Waals surface area contributed by atoms with Gasteiger partial charge in [-0.05, 0) is 42.2 Å². The monoisotopic (exact) mass is 644 g/mol. The van der Waals surface area contributed by atoms with Crippen molar-refractivity contribution >= 4 is 35.1 Å². The molecule has 6 rings (SSSR count). The van der Waals surface area contributed by atoms with Crippen LogP contribution in [0.3, 0.4) is 0 Å². The molecule has 0 radical (unpaired) electrons. The lowest BCUT2D eigenvalue weighted by Gasteiger charge is -2.29. The van der Waals surface area contributed by atoms with E-state index in [-0.39, 0.29) is 36.5 Å². The van der Waals surface area contributed by atoms with E-state index in [1.165, 1.54) is 9.80 Å². The summed E-state index contributed by atoms with van der Waals surface area (Å²) in [5.74, 6) is 0.170. The Bertz CT molecular complexity index is 1760. The molecule has 1 aromatic heterocycles. The number of rotatable bonds is 8. The van der Waals surface area contributed by atoms with Gasteiger partial charge in [0.25, 0.3) is 5.91 Å². The fourth-order valence-corrected chi connectivity index (χ4v) is 6.83. The second-order valence-electron chi connectivity index (χ2n) is 12.1. The van der Waals surface area contributed by atoms with E-state index in [2.05, 4.69) is 16.0 Å². The largest absolute Gasteiger partial charge is 0.481 e. The van der Waals surface area contributed by atoms with Crippen LogP contribution in [0.4, 0.5) is 10.5 Å². The van der Waals surface area contributed by atoms with E-state index in [1.54, 1.807) is 27.4 Å². The first-order valence-corrected chi connectivity index (χ1v) is 15.6. The Morgan fingerprint density at radius 3 is 2.61 bits per heavy atom. The number of pyridine rings is 1. The zero-order chi connectivity index (χ0) is 32.7. The van der Waals surface area contributed by atoms with Gasteiger partial charge in [0.2, 0.25) is 11.8 Å². The van der Waals surface area contributed by atoms with Crippen molar-refractivity contribution in [3.63, 3.8) is 0 Å². The van der Waals surface area contributed by atoms with Gasteiger partial charge in [-0.3, -0.25) is 9.59 Å². The Balaban J connectivity index is 1.28. The molecule has 12 heteroatoms. The summed E-state index contributed by atoms with van der Waals surface area (Å²) in [5.41, 5.74) is 6.60. The third-order valence-electron chi connectivity index (χ3n) is 8.92. The maximum atomic E-state index is 13.2. The zero-order valence-corrected chi connectivity index (χ0v) is 26.9. The molecule has 3 unspecified atom stereocenters. The highest BCUT2D eigenvalue weighted by atomic mass is 35.5. The van der Waals surface area contributed by atoms with Gasteiger partial charge in [-0.25, -0.2) is 9.78 Å². The number of hydrogen-bond donors (Lipinski definition) is 4. The van der Waals surface area contributed by atoms with Crippen molar-refractivity contribution in [2.75, 3.05) is 39.6 Å². The number of nitrogens with one attached hydrogen (secondary N) is 3. The summed E-state index contributed by atoms with van der Waals surface area (Å²) in [6.07, 6.45) is 2.58. The summed E-state index contributed by atoms with van der Waals surface area (Å²) < 4.78 is 5.74. The van der Waals surface area contributed by atoms with Crippen molar-refractivity contribution in [2.24, 2.45) is 0 Å². The van der Waals surface area contributed by atoms with Crippen molar-refractivity contribution in [3.8, 4) is 28.3 Å². The Morgan fingerprint density at radius 1 is 1.15 bits per heavy atom. The summed E-state index contributed by atoms with van der Waals surface area (Å²) in [6, 6.07) is 12.8. The van der Waals surface area contributed by atoms with Crippen molar-refractivity contribution < 1.29 is 24.2 Å². The number of benzene rings is 2. The second-order valence-corrected chi connectivity index (χ2v) is 12.4. The summed E-state index contributed by atoms with van der Waals surface area (Å²) >= 11 is 7.10. The summed E-state index contributed by atoms with van der Waals surface area (Å²) in [6.45, 7) is 2.68. The molecule has 240 valence electrons. The van der Waals surface area contributed by atoms with Crippen LogP contribution < -0.4 is 20.7 Å². The minimum absolute atomic E-state index is 0.0252. The average Bonchev–Trinajstić information content (AvgIpc) is 3.60. The molecule has 0 spiro atoms. The minimum atomic E-state index is -0.675. The van der Waals surface area contributed by atoms with Crippen LogP contribution in [0.1, 0.15) is 35.6 Å². The number of aromatic nitrogens is 1. The van der Waals surface area contributed by atoms with Gasteiger partial charge in [0.05, 0.1) is 42.1 Å². The van der Waals surface area contributed by atoms with Gasteiger partial charge < -0.3 is 35.6 Å². The normalized spacial score (nSPS) is 20.8. The number of likely N-dealkylation sites (N-methyl/N-ethyl adjacent to an activating group) is 1. The molecule has 46 heavy (non-hydrogen) atoms. The lowest BCUT2D eigenvalue weighted by molar-refractivity contribution is -0.119. The number of halogens is 1. The molecule has 3 heterocycles. The Morgan fingerprint density at radius 2 is 1.89 bits per heavy atom. The minimum Gasteiger partial charge on any atom is -0.481 e. The number of urea groups is 1. The van der Waals surface area contributed by atoms with Gasteiger partial charge in [0, 0.05) is 68.1 Å². The van der Waals surface area contributed by atoms with Gasteiger partial charge in [0.15, 0.2) is 0 Å². The third kappa shape index (κ3) is 5.93. The Hall–Kier alpha value is -4.45. The van der Waals surface area contributed by atoms with Crippen molar-refractivity contribution in [1.29, 1.82) is 0 Å². The summed E-state index contributed by atoms with van der Waals surface area (Å²) in [4.78, 5) is 44.6. The van der Waals surface area contributed by atoms with Crippen molar-refractivity contribution in [1.82, 2.24) is 25.4 Å². The number of hydrogen-bond acceptors (Lipinski definition) is 7. The maximum absolute atomic E-state index is 13.2. The van der Waals surface area contributed by atoms with E-state index >= 15 is 0 Å². The highest BCUT2D eigenvalue weighted by Gasteiger charge is 2.36. The van der Waals surface area contributed by atoms with Crippen LogP contribution in [0.2, 0.25) is 5.02 Å². The standard InChI is InChI=1S/C34H37ClN6O5/c1-18-22(7-6-10-25(18)38-32(44)20-16-40(2)34(45)41(3)17-20)23-8-5-9-24(30(23)35)26-13-19-14-27(42)31(29(19)33(39-26)46-4)36-15-21-11-12-28(43)37-21/h5-10,13,16,21,27,31,36,42H,11-12,14-15,17H2,1-4H3,(H,37,43)(H,38,44). The SMILES string of the molecule is COc1nc(-c2cccc(-c3cccc(NC(=O)C4=CN(C)C(=O)N(C)C4)c3C)c2Cl)cc2c1C(NCC1CCC(=O)N1)C(O)C2. The maximum Gasteiger partial charge on any atom is 0.323 e. The van der Waals surface area contributed by atoms with E-state index in [9.17, 15) is 19.5 Å². The Labute approximate surface area is 272 Å². The van der Waals surface area contributed by atoms with Gasteiger partial charge in [-0.1, -0.05) is 41.9 Å². The predicted octanol–water partition coefficient (Wildman–Crippen LogP) is 4.03. The number of fused-ring (bicyclic) bond motifs is 1. The first-order valence-electron chi connectivity index (χ1n) is 15.2. The lowest BCUT2D eigenvalue weighted by atomic mass is 9.96. The molecule has 3 aliphatic rings. The number of ether oxygens (including phenoxy) is 1. The molecule has 1 fully saturated rings. The molecule has 0 saturated carbocycles. The number of anilines is 1. The van der Waals surface area contributed by atoms with E-state index < -0.39 is 6.10 Å². The van der Waals surface area contributed by atoms with Crippen LogP contribution in [-0.2, 0) is 16.0 Å². The predicted molar refractivity (Wildman–Crippen MR) is 176 cm³/mol. The number of carbonyl (C=O) groups is 3. The van der Waals surface area contributed by atoms with Crippen LogP contribution in [0.5, 0.6) is 5.88 Å². The molecule has 1 aliphatic carbocycles. The molecule has 2 aromatic carbocycles. The van der Waals surface area contributed by atoms with Gasteiger partial charge >= 0.3 is 6.03 Å². The van der Waals surface area contributed by atoms with Gasteiger partial charge in [-0.2, -0.15) is 0 Å². The molecule has 11 nitrogen and oxygen atoms in total. The Kier molecular flexibility index (Phi) is 8.73. The van der Waals surface area contributed by atoms with E-state index in [4.69, 9.17) is 21.3 Å². The van der Waals surface area contributed by atoms with Gasteiger partial charge in [-0.15, -0.1) is 0 Å². The number of aliphatic hydroxyl groups excluding tert-OH is 1. The topological polar surface area (TPSA) is 136 Å². The number of aliphatic hydroxyl groups is 1. The molecule has 1 saturated heterocycles. The average molecular weight is 645 g/mol. The first kappa shape index (κ1) is 31.5. The van der Waals surface area contributed by atoms with Crippen LogP contribution >= 0.6 is 11.6 Å². The van der Waals surface area contributed by atoms with Crippen molar-refractivity contribution in [2.45, 2.75) is 44.4 Å². The molecule has 2 aliphatic heterocycles. The molecular weight excluding hydrogens is 608 g/mol. The number of methoxy groups -OCH3 is 1. The van der Waals surface area contributed by atoms with Crippen LogP contribution in [0.15, 0.2) is 54.2 Å². The fraction of sp³-hybridized carbons (Fsp3) is 0.353. The molecule has 3 atom stereocenters. The molecule has 0 bridgehead atoms. The third-order valence-corrected chi connectivity index (χ3v) is 9.33. The highest BCUT2D eigenvalue weighted by molar-refractivity contribution is 6.36. The smallest absolute Gasteiger partial charge is 0.323 e. The summed E-state index contributed by atoms with van der Waals surface area (Å²) in [7, 11) is 4.83. The zero-order valence-electron chi connectivity index (χ0n) is 26.2. The quantitative estimate of drug-likeness (QED) is 0.291. The number of nitrogens with zero attached hydrogens (tertiary/aromatic N) is 3. The number of carbonyl (C=O) groups excluding carboxylic acids is 3. The number of amides is 4. The first-order chi connectivity index (χ1) is 22.0. The molecule has 4 amide bonds. The van der Waals surface area contributed by atoms with Crippen LogP contribution in [0, 0.1) is 6.92 Å². The molecular formula is C34H37ClN6O5. The summed E-state index contributed by atoms with van der Waals surface area (Å²) in [5, 5.41) is 20.9. The van der Waals surface area contributed by atoms with Gasteiger partial charge in [0.1, 0.15) is 0 Å². The van der Waals surface area contributed by atoms with Crippen LogP contribution in [-0.4, -0.2) is 84.2 Å². The fourth-order valence-electron chi connectivity index (χ4n) is 6.51. The van der Waals surface area contributed by atoms with Crippen LogP contribution in [0.25, 0.3) is 22.4 Å². The lowest BCUT2D eigenvalue weighted by Crippen LogP contribution is -2.43. The van der Waals surface area contributed by atoms with E-state index in [0.29, 0.717) is 52.8 Å².